The number of carbonyl (C=O) groups is 1. The Morgan fingerprint density at radius 1 is 1.12 bits per heavy atom. The summed E-state index contributed by atoms with van der Waals surface area (Å²) in [7, 11) is 1.64. The molecule has 134 valence electrons. The van der Waals surface area contributed by atoms with Gasteiger partial charge in [0.15, 0.2) is 0 Å². The second-order valence-corrected chi connectivity index (χ2v) is 6.01. The van der Waals surface area contributed by atoms with Gasteiger partial charge in [-0.3, -0.25) is 4.79 Å². The number of rotatable bonds is 7. The Morgan fingerprint density at radius 3 is 2.77 bits per heavy atom. The van der Waals surface area contributed by atoms with Gasteiger partial charge in [-0.2, -0.15) is 0 Å². The smallest absolute Gasteiger partial charge is 0.289 e. The van der Waals surface area contributed by atoms with Gasteiger partial charge in [0, 0.05) is 31.3 Å². The van der Waals surface area contributed by atoms with Crippen molar-refractivity contribution in [3.8, 4) is 0 Å². The summed E-state index contributed by atoms with van der Waals surface area (Å²) in [5.41, 5.74) is 2.78. The molecule has 0 aliphatic carbocycles. The maximum atomic E-state index is 12.4. The van der Waals surface area contributed by atoms with Gasteiger partial charge in [0.2, 0.25) is 5.82 Å². The van der Waals surface area contributed by atoms with Crippen LogP contribution in [0.1, 0.15) is 22.6 Å². The molecule has 0 saturated heterocycles. The summed E-state index contributed by atoms with van der Waals surface area (Å²) >= 11 is 0. The molecule has 3 aromatic rings. The van der Waals surface area contributed by atoms with Crippen LogP contribution in [0.25, 0.3) is 10.9 Å². The van der Waals surface area contributed by atoms with Gasteiger partial charge < -0.3 is 15.4 Å². The number of methoxy groups -OCH3 is 1. The zero-order chi connectivity index (χ0) is 18.4. The molecule has 6 nitrogen and oxygen atoms in total. The predicted octanol–water partition coefficient (Wildman–Crippen LogP) is 3.45. The third-order valence-corrected chi connectivity index (χ3v) is 3.90. The van der Waals surface area contributed by atoms with E-state index in [1.54, 1.807) is 7.11 Å². The summed E-state index contributed by atoms with van der Waals surface area (Å²) < 4.78 is 4.99. The monoisotopic (exact) mass is 350 g/mol. The highest BCUT2D eigenvalue weighted by molar-refractivity contribution is 5.97. The van der Waals surface area contributed by atoms with Crippen molar-refractivity contribution in [2.24, 2.45) is 0 Å². The lowest BCUT2D eigenvalue weighted by atomic mass is 10.2. The highest BCUT2D eigenvalue weighted by Crippen LogP contribution is 2.24. The molecule has 1 heterocycles. The molecular weight excluding hydrogens is 328 g/mol. The van der Waals surface area contributed by atoms with Crippen LogP contribution in [0, 0.1) is 6.92 Å². The third kappa shape index (κ3) is 4.34. The second kappa shape index (κ2) is 8.40. The van der Waals surface area contributed by atoms with Crippen molar-refractivity contribution in [2.75, 3.05) is 25.6 Å². The molecule has 0 aliphatic rings. The fourth-order valence-corrected chi connectivity index (χ4v) is 2.63. The van der Waals surface area contributed by atoms with E-state index in [2.05, 4.69) is 20.6 Å². The SMILES string of the molecule is COCCCNC(=O)c1nc(Nc2cccc(C)c2)c2ccccc2n1. The molecule has 0 radical (unpaired) electrons. The van der Waals surface area contributed by atoms with Crippen LogP contribution in [0.5, 0.6) is 0 Å². The average molecular weight is 350 g/mol. The molecular formula is C20H22N4O2. The number of ether oxygens (including phenoxy) is 1. The van der Waals surface area contributed by atoms with Crippen LogP contribution in [0.2, 0.25) is 0 Å². The molecule has 0 bridgehead atoms. The molecule has 2 aromatic carbocycles. The van der Waals surface area contributed by atoms with Gasteiger partial charge in [-0.05, 0) is 43.2 Å². The van der Waals surface area contributed by atoms with E-state index in [0.29, 0.717) is 19.0 Å². The van der Waals surface area contributed by atoms with Gasteiger partial charge in [0.25, 0.3) is 5.91 Å². The Bertz CT molecular complexity index is 911. The number of nitrogens with zero attached hydrogens (tertiary/aromatic N) is 2. The number of benzene rings is 2. The zero-order valence-electron chi connectivity index (χ0n) is 15.0. The highest BCUT2D eigenvalue weighted by Gasteiger charge is 2.14. The van der Waals surface area contributed by atoms with E-state index in [1.807, 2.05) is 55.5 Å². The number of aromatic nitrogens is 2. The number of nitrogens with one attached hydrogen (secondary N) is 2. The van der Waals surface area contributed by atoms with Crippen LogP contribution in [0.4, 0.5) is 11.5 Å². The predicted molar refractivity (Wildman–Crippen MR) is 103 cm³/mol. The molecule has 0 atom stereocenters. The standard InChI is InChI=1S/C20H22N4O2/c1-14-7-5-8-15(13-14)22-18-16-9-3-4-10-17(16)23-19(24-18)20(25)21-11-6-12-26-2/h3-5,7-10,13H,6,11-12H2,1-2H3,(H,21,25)(H,22,23,24). The van der Waals surface area contributed by atoms with E-state index in [0.717, 1.165) is 28.6 Å². The van der Waals surface area contributed by atoms with Crippen molar-refractivity contribution in [3.05, 3.63) is 59.9 Å². The minimum atomic E-state index is -0.292. The van der Waals surface area contributed by atoms with E-state index >= 15 is 0 Å². The van der Waals surface area contributed by atoms with Gasteiger partial charge in [-0.15, -0.1) is 0 Å². The van der Waals surface area contributed by atoms with Crippen molar-refractivity contribution in [1.29, 1.82) is 0 Å². The van der Waals surface area contributed by atoms with Gasteiger partial charge in [0.1, 0.15) is 5.82 Å². The van der Waals surface area contributed by atoms with Crippen molar-refractivity contribution in [3.63, 3.8) is 0 Å². The van der Waals surface area contributed by atoms with E-state index < -0.39 is 0 Å². The molecule has 26 heavy (non-hydrogen) atoms. The van der Waals surface area contributed by atoms with Crippen molar-refractivity contribution >= 4 is 28.3 Å². The number of carbonyl (C=O) groups excluding carboxylic acids is 1. The van der Waals surface area contributed by atoms with Crippen molar-refractivity contribution < 1.29 is 9.53 Å². The highest BCUT2D eigenvalue weighted by atomic mass is 16.5. The first-order valence-corrected chi connectivity index (χ1v) is 8.55. The summed E-state index contributed by atoms with van der Waals surface area (Å²) in [5, 5.41) is 7.00. The minimum Gasteiger partial charge on any atom is -0.385 e. The lowest BCUT2D eigenvalue weighted by Crippen LogP contribution is -2.27. The number of para-hydroxylation sites is 1. The summed E-state index contributed by atoms with van der Waals surface area (Å²) in [6, 6.07) is 15.6. The van der Waals surface area contributed by atoms with Crippen LogP contribution in [0.3, 0.4) is 0 Å². The van der Waals surface area contributed by atoms with Crippen LogP contribution < -0.4 is 10.6 Å². The number of fused-ring (bicyclic) bond motifs is 1. The summed E-state index contributed by atoms with van der Waals surface area (Å²) in [4.78, 5) is 21.3. The third-order valence-electron chi connectivity index (χ3n) is 3.90. The van der Waals surface area contributed by atoms with Gasteiger partial charge in [-0.25, -0.2) is 9.97 Å². The average Bonchev–Trinajstić information content (AvgIpc) is 2.65. The second-order valence-electron chi connectivity index (χ2n) is 6.01. The summed E-state index contributed by atoms with van der Waals surface area (Å²) in [6.45, 7) is 3.14. The molecule has 3 rings (SSSR count). The maximum Gasteiger partial charge on any atom is 0.289 e. The zero-order valence-corrected chi connectivity index (χ0v) is 15.0. The Hall–Kier alpha value is -2.99. The molecule has 2 N–H and O–H groups in total. The maximum absolute atomic E-state index is 12.4. The molecule has 1 aromatic heterocycles. The van der Waals surface area contributed by atoms with Gasteiger partial charge in [0.05, 0.1) is 5.52 Å². The first kappa shape index (κ1) is 17.8. The minimum absolute atomic E-state index is 0.149. The van der Waals surface area contributed by atoms with E-state index in [4.69, 9.17) is 4.74 Å². The first-order chi connectivity index (χ1) is 12.7. The number of amides is 1. The number of hydrogen-bond donors (Lipinski definition) is 2. The Morgan fingerprint density at radius 2 is 1.96 bits per heavy atom. The van der Waals surface area contributed by atoms with E-state index in [9.17, 15) is 4.79 Å². The topological polar surface area (TPSA) is 76.1 Å². The van der Waals surface area contributed by atoms with Crippen LogP contribution >= 0.6 is 0 Å². The van der Waals surface area contributed by atoms with Gasteiger partial charge >= 0.3 is 0 Å². The van der Waals surface area contributed by atoms with Crippen molar-refractivity contribution in [2.45, 2.75) is 13.3 Å². The molecule has 6 heteroatoms. The number of hydrogen-bond acceptors (Lipinski definition) is 5. The molecule has 0 aliphatic heterocycles. The van der Waals surface area contributed by atoms with Crippen LogP contribution in [0.15, 0.2) is 48.5 Å². The molecule has 0 spiro atoms. The molecule has 0 saturated carbocycles. The molecule has 0 unspecified atom stereocenters. The van der Waals surface area contributed by atoms with Crippen LogP contribution in [-0.4, -0.2) is 36.1 Å². The quantitative estimate of drug-likeness (QED) is 0.638. The summed E-state index contributed by atoms with van der Waals surface area (Å²) in [6.07, 6.45) is 0.740. The number of aryl methyl sites for hydroxylation is 1. The van der Waals surface area contributed by atoms with Crippen molar-refractivity contribution in [1.82, 2.24) is 15.3 Å². The number of anilines is 2. The Kier molecular flexibility index (Phi) is 5.76. The first-order valence-electron chi connectivity index (χ1n) is 8.55. The lowest BCUT2D eigenvalue weighted by molar-refractivity contribution is 0.0938. The fraction of sp³-hybridized carbons (Fsp3) is 0.250. The summed E-state index contributed by atoms with van der Waals surface area (Å²) in [5.74, 6) is 0.471. The lowest BCUT2D eigenvalue weighted by Gasteiger charge is -2.11. The fourth-order valence-electron chi connectivity index (χ4n) is 2.63. The molecule has 0 fully saturated rings. The molecule has 1 amide bonds. The van der Waals surface area contributed by atoms with E-state index in [-0.39, 0.29) is 11.7 Å². The Labute approximate surface area is 152 Å². The Balaban J connectivity index is 1.90. The van der Waals surface area contributed by atoms with Gasteiger partial charge in [-0.1, -0.05) is 24.3 Å². The normalized spacial score (nSPS) is 10.7. The largest absolute Gasteiger partial charge is 0.385 e. The van der Waals surface area contributed by atoms with Crippen LogP contribution in [-0.2, 0) is 4.74 Å². The van der Waals surface area contributed by atoms with E-state index in [1.165, 1.54) is 0 Å².